The van der Waals surface area contributed by atoms with Gasteiger partial charge in [0.05, 0.1) is 6.54 Å². The molecule has 1 aromatic carbocycles. The first-order valence-corrected chi connectivity index (χ1v) is 10.4. The largest absolute Gasteiger partial charge is 0.451 e. The van der Waals surface area contributed by atoms with Crippen molar-refractivity contribution in [2.24, 2.45) is 7.05 Å². The predicted octanol–water partition coefficient (Wildman–Crippen LogP) is 4.26. The first-order chi connectivity index (χ1) is 17.2. The minimum atomic E-state index is -5.00. The third kappa shape index (κ3) is 5.50. The maximum atomic E-state index is 13.7. The summed E-state index contributed by atoms with van der Waals surface area (Å²) >= 11 is 6.02. The van der Waals surface area contributed by atoms with Crippen LogP contribution in [0.5, 0.6) is 11.5 Å². The Kier molecular flexibility index (Phi) is 6.58. The lowest BCUT2D eigenvalue weighted by Gasteiger charge is -2.16. The van der Waals surface area contributed by atoms with Gasteiger partial charge in [-0.05, 0) is 30.3 Å². The molecule has 0 radical (unpaired) electrons. The number of pyridine rings is 1. The summed E-state index contributed by atoms with van der Waals surface area (Å²) < 4.78 is 87.4. The molecule has 0 aliphatic rings. The monoisotopic (exact) mass is 546 g/mol. The van der Waals surface area contributed by atoms with Crippen LogP contribution in [0.15, 0.2) is 52.3 Å². The van der Waals surface area contributed by atoms with E-state index in [-0.39, 0.29) is 23.0 Å². The fourth-order valence-electron chi connectivity index (χ4n) is 3.20. The number of hydrogen-bond acceptors (Lipinski definition) is 6. The normalized spacial score (nSPS) is 12.1. The molecule has 0 fully saturated rings. The van der Waals surface area contributed by atoms with Crippen LogP contribution in [0.25, 0.3) is 11.4 Å². The van der Waals surface area contributed by atoms with E-state index in [9.17, 15) is 35.9 Å². The SMILES string of the molecule is Cn1c(Cn2ccc(C(F)(F)F)c(Oc3cc(Cl)cc(-c4nccc(C(F)(F)F)n4)c3)c2=O)n[nH]c1=O. The second-order valence-corrected chi connectivity index (χ2v) is 7.97. The molecule has 0 aliphatic carbocycles. The minimum Gasteiger partial charge on any atom is -0.451 e. The number of benzene rings is 1. The highest BCUT2D eigenvalue weighted by molar-refractivity contribution is 6.31. The minimum absolute atomic E-state index is 0.0459. The second-order valence-electron chi connectivity index (χ2n) is 7.53. The van der Waals surface area contributed by atoms with Gasteiger partial charge < -0.3 is 9.30 Å². The zero-order chi connectivity index (χ0) is 27.1. The number of aromatic nitrogens is 6. The molecule has 16 heteroatoms. The Bertz CT molecular complexity index is 1590. The van der Waals surface area contributed by atoms with Gasteiger partial charge in [0.1, 0.15) is 17.0 Å². The smallest absolute Gasteiger partial charge is 0.433 e. The van der Waals surface area contributed by atoms with Gasteiger partial charge in [0.15, 0.2) is 11.6 Å². The Balaban J connectivity index is 1.79. The molecule has 0 saturated carbocycles. The van der Waals surface area contributed by atoms with E-state index in [2.05, 4.69) is 20.2 Å². The molecule has 3 aromatic heterocycles. The van der Waals surface area contributed by atoms with Gasteiger partial charge in [-0.3, -0.25) is 9.36 Å². The standard InChI is InChI=1S/C21H13ClF6N6O3/c1-33-15(31-32-19(33)36)9-34-5-3-13(20(23,24)25)16(18(34)35)37-12-7-10(6-11(22)8-12)17-29-4-2-14(30-17)21(26,27)28/h2-8H,9H2,1H3,(H,32,36). The lowest BCUT2D eigenvalue weighted by molar-refractivity contribution is -0.141. The van der Waals surface area contributed by atoms with Crippen molar-refractivity contribution >= 4 is 11.6 Å². The molecule has 194 valence electrons. The maximum absolute atomic E-state index is 13.7. The summed E-state index contributed by atoms with van der Waals surface area (Å²) in [5, 5.41) is 5.72. The summed E-state index contributed by atoms with van der Waals surface area (Å²) in [5.74, 6) is -1.91. The van der Waals surface area contributed by atoms with Crippen molar-refractivity contribution in [2.45, 2.75) is 18.9 Å². The fourth-order valence-corrected chi connectivity index (χ4v) is 3.42. The Hall–Kier alpha value is -4.14. The van der Waals surface area contributed by atoms with Gasteiger partial charge in [0, 0.05) is 30.0 Å². The van der Waals surface area contributed by atoms with Crippen LogP contribution in [-0.4, -0.2) is 29.3 Å². The average Bonchev–Trinajstić information content (AvgIpc) is 3.12. The Labute approximate surface area is 206 Å². The van der Waals surface area contributed by atoms with Gasteiger partial charge in [-0.25, -0.2) is 19.9 Å². The summed E-state index contributed by atoms with van der Waals surface area (Å²) in [5.41, 5.74) is -4.60. The molecule has 0 atom stereocenters. The van der Waals surface area contributed by atoms with Gasteiger partial charge in [-0.1, -0.05) is 11.6 Å². The van der Waals surface area contributed by atoms with E-state index in [4.69, 9.17) is 16.3 Å². The van der Waals surface area contributed by atoms with E-state index in [0.29, 0.717) is 12.1 Å². The number of aromatic amines is 1. The highest BCUT2D eigenvalue weighted by atomic mass is 35.5. The molecule has 0 saturated heterocycles. The molecule has 37 heavy (non-hydrogen) atoms. The molecular weight excluding hydrogens is 534 g/mol. The van der Waals surface area contributed by atoms with Crippen molar-refractivity contribution in [3.05, 3.63) is 85.7 Å². The van der Waals surface area contributed by atoms with Crippen molar-refractivity contribution in [1.82, 2.24) is 29.3 Å². The first kappa shape index (κ1) is 25.9. The van der Waals surface area contributed by atoms with Gasteiger partial charge in [0.25, 0.3) is 5.56 Å². The number of ether oxygens (including phenoxy) is 1. The molecule has 0 spiro atoms. The van der Waals surface area contributed by atoms with E-state index < -0.39 is 52.2 Å². The van der Waals surface area contributed by atoms with E-state index >= 15 is 0 Å². The summed E-state index contributed by atoms with van der Waals surface area (Å²) in [6, 6.07) is 4.52. The van der Waals surface area contributed by atoms with Gasteiger partial charge in [-0.15, -0.1) is 0 Å². The third-order valence-corrected chi connectivity index (χ3v) is 5.22. The topological polar surface area (TPSA) is 108 Å². The fraction of sp³-hybridized carbons (Fsp3) is 0.190. The molecule has 0 bridgehead atoms. The molecule has 3 heterocycles. The highest BCUT2D eigenvalue weighted by Gasteiger charge is 2.37. The Morgan fingerprint density at radius 3 is 2.41 bits per heavy atom. The van der Waals surface area contributed by atoms with Crippen LogP contribution in [0.4, 0.5) is 26.3 Å². The zero-order valence-electron chi connectivity index (χ0n) is 18.4. The van der Waals surface area contributed by atoms with Crippen LogP contribution >= 0.6 is 11.6 Å². The number of halogens is 7. The number of hydrogen-bond donors (Lipinski definition) is 1. The van der Waals surface area contributed by atoms with Gasteiger partial charge >= 0.3 is 18.0 Å². The molecule has 1 N–H and O–H groups in total. The summed E-state index contributed by atoms with van der Waals surface area (Å²) in [6.45, 7) is -0.374. The molecular formula is C21H13ClF6N6O3. The van der Waals surface area contributed by atoms with Crippen LogP contribution in [0, 0.1) is 0 Å². The zero-order valence-corrected chi connectivity index (χ0v) is 19.1. The van der Waals surface area contributed by atoms with Crippen molar-refractivity contribution in [3.8, 4) is 22.9 Å². The van der Waals surface area contributed by atoms with Gasteiger partial charge in [-0.2, -0.15) is 31.4 Å². The van der Waals surface area contributed by atoms with Crippen LogP contribution < -0.4 is 16.0 Å². The van der Waals surface area contributed by atoms with Crippen molar-refractivity contribution in [2.75, 3.05) is 0 Å². The molecule has 4 rings (SSSR count). The summed E-state index contributed by atoms with van der Waals surface area (Å²) in [6.07, 6.45) is -8.06. The predicted molar refractivity (Wildman–Crippen MR) is 116 cm³/mol. The Morgan fingerprint density at radius 2 is 1.78 bits per heavy atom. The lowest BCUT2D eigenvalue weighted by atomic mass is 10.2. The molecule has 9 nitrogen and oxygen atoms in total. The van der Waals surface area contributed by atoms with Gasteiger partial charge in [0.2, 0.25) is 5.75 Å². The number of rotatable bonds is 5. The van der Waals surface area contributed by atoms with Crippen LogP contribution in [-0.2, 0) is 25.9 Å². The second kappa shape index (κ2) is 9.38. The quantitative estimate of drug-likeness (QED) is 0.375. The van der Waals surface area contributed by atoms with Crippen LogP contribution in [0.1, 0.15) is 17.1 Å². The van der Waals surface area contributed by atoms with Crippen molar-refractivity contribution in [1.29, 1.82) is 0 Å². The van der Waals surface area contributed by atoms with Crippen molar-refractivity contribution in [3.63, 3.8) is 0 Å². The maximum Gasteiger partial charge on any atom is 0.433 e. The lowest BCUT2D eigenvalue weighted by Crippen LogP contribution is -2.26. The molecule has 0 unspecified atom stereocenters. The first-order valence-electron chi connectivity index (χ1n) is 10.0. The number of nitrogens with zero attached hydrogens (tertiary/aromatic N) is 5. The highest BCUT2D eigenvalue weighted by Crippen LogP contribution is 2.37. The Morgan fingerprint density at radius 1 is 1.05 bits per heavy atom. The molecule has 4 aromatic rings. The van der Waals surface area contributed by atoms with E-state index in [1.807, 2.05) is 0 Å². The van der Waals surface area contributed by atoms with Crippen LogP contribution in [0.3, 0.4) is 0 Å². The average molecular weight is 547 g/mol. The van der Waals surface area contributed by atoms with Crippen LogP contribution in [0.2, 0.25) is 5.02 Å². The van der Waals surface area contributed by atoms with E-state index in [1.54, 1.807) is 0 Å². The summed E-state index contributed by atoms with van der Waals surface area (Å²) in [4.78, 5) is 31.7. The third-order valence-electron chi connectivity index (χ3n) is 5.01. The molecule has 0 aliphatic heterocycles. The number of alkyl halides is 6. The number of nitrogens with one attached hydrogen (secondary N) is 1. The molecule has 0 amide bonds. The van der Waals surface area contributed by atoms with Crippen molar-refractivity contribution < 1.29 is 31.1 Å². The van der Waals surface area contributed by atoms with E-state index in [0.717, 1.165) is 33.7 Å². The van der Waals surface area contributed by atoms with E-state index in [1.165, 1.54) is 13.1 Å². The number of H-pyrrole nitrogens is 1. The summed E-state index contributed by atoms with van der Waals surface area (Å²) in [7, 11) is 1.34.